The van der Waals surface area contributed by atoms with Crippen molar-refractivity contribution in [2.45, 2.75) is 6.54 Å². The quantitative estimate of drug-likeness (QED) is 0.615. The minimum Gasteiger partial charge on any atom is -0.220 e. The fourth-order valence-electron chi connectivity index (χ4n) is 1.35. The minimum absolute atomic E-state index is 0.778. The lowest BCUT2D eigenvalue weighted by Gasteiger charge is -1.95. The number of pyridine rings is 1. The first-order chi connectivity index (χ1) is 7.33. The molecule has 0 amide bonds. The van der Waals surface area contributed by atoms with E-state index in [1.54, 1.807) is 6.20 Å². The van der Waals surface area contributed by atoms with Crippen molar-refractivity contribution in [1.29, 1.82) is 0 Å². The maximum atomic E-state index is 4.28. The van der Waals surface area contributed by atoms with E-state index in [0.717, 1.165) is 17.1 Å². The average molecular weight is 265 g/mol. The monoisotopic (exact) mass is 264 g/mol. The molecule has 0 radical (unpaired) electrons. The number of nitrogens with zero attached hydrogens (tertiary/aromatic N) is 3. The Balaban J connectivity index is 2.42. The van der Waals surface area contributed by atoms with E-state index >= 15 is 0 Å². The Bertz CT molecular complexity index is 462. The van der Waals surface area contributed by atoms with Gasteiger partial charge in [-0.25, -0.2) is 9.55 Å². The van der Waals surface area contributed by atoms with E-state index in [4.69, 9.17) is 0 Å². The van der Waals surface area contributed by atoms with Crippen molar-refractivity contribution in [1.82, 2.24) is 9.55 Å². The first kappa shape index (κ1) is 10.1. The van der Waals surface area contributed by atoms with Gasteiger partial charge < -0.3 is 0 Å². The third-order valence-corrected chi connectivity index (χ3v) is 2.89. The number of rotatable bonds is 3. The van der Waals surface area contributed by atoms with Crippen LogP contribution in [0, 0.1) is 0 Å². The molecule has 0 unspecified atom stereocenters. The Morgan fingerprint density at radius 1 is 1.53 bits per heavy atom. The summed E-state index contributed by atoms with van der Waals surface area (Å²) in [6.07, 6.45) is 7.59. The molecule has 0 aliphatic heterocycles. The molecule has 2 aromatic heterocycles. The summed E-state index contributed by atoms with van der Waals surface area (Å²) in [5.41, 5.74) is 0. The highest BCUT2D eigenvalue weighted by Crippen LogP contribution is 2.10. The Hall–Kier alpha value is -1.42. The van der Waals surface area contributed by atoms with Crippen LogP contribution in [-0.2, 0) is 6.54 Å². The number of aromatic nitrogens is 3. The van der Waals surface area contributed by atoms with Gasteiger partial charge in [0.15, 0.2) is 0 Å². The van der Waals surface area contributed by atoms with Gasteiger partial charge in [0.2, 0.25) is 5.82 Å². The molecule has 0 saturated carbocycles. The number of imidazole rings is 1. The Labute approximate surface area is 96.8 Å². The normalized spacial score (nSPS) is 10.2. The summed E-state index contributed by atoms with van der Waals surface area (Å²) in [5, 5.41) is 0. The fourth-order valence-corrected chi connectivity index (χ4v) is 1.91. The summed E-state index contributed by atoms with van der Waals surface area (Å²) in [7, 11) is 0. The SMILES string of the molecule is C=CC[n+]1ccn(-c2ccccn2)c1Br. The molecule has 15 heavy (non-hydrogen) atoms. The molecule has 0 aliphatic rings. The molecule has 0 bridgehead atoms. The van der Waals surface area contributed by atoms with E-state index in [0.29, 0.717) is 0 Å². The van der Waals surface area contributed by atoms with Gasteiger partial charge in [-0.05, 0) is 6.07 Å². The van der Waals surface area contributed by atoms with Gasteiger partial charge in [-0.15, -0.1) is 0 Å². The molecule has 0 atom stereocenters. The van der Waals surface area contributed by atoms with Gasteiger partial charge >= 0.3 is 4.73 Å². The molecular weight excluding hydrogens is 254 g/mol. The maximum Gasteiger partial charge on any atom is 0.331 e. The van der Waals surface area contributed by atoms with Crippen LogP contribution >= 0.6 is 15.9 Å². The van der Waals surface area contributed by atoms with Crippen molar-refractivity contribution in [3.63, 3.8) is 0 Å². The van der Waals surface area contributed by atoms with Gasteiger partial charge in [-0.1, -0.05) is 18.7 Å². The number of hydrogen-bond acceptors (Lipinski definition) is 1. The molecule has 2 aromatic rings. The fraction of sp³-hybridized carbons (Fsp3) is 0.0909. The maximum absolute atomic E-state index is 4.28. The van der Waals surface area contributed by atoms with Crippen LogP contribution in [0.5, 0.6) is 0 Å². The van der Waals surface area contributed by atoms with Crippen LogP contribution in [0.3, 0.4) is 0 Å². The topological polar surface area (TPSA) is 21.7 Å². The molecule has 4 heteroatoms. The molecule has 2 heterocycles. The standard InChI is InChI=1S/C11H11BrN3/c1-2-7-14-8-9-15(11(14)12)10-5-3-4-6-13-10/h2-6,8-9H,1,7H2/q+1. The zero-order valence-electron chi connectivity index (χ0n) is 8.18. The van der Waals surface area contributed by atoms with Crippen molar-refractivity contribution in [2.24, 2.45) is 0 Å². The lowest BCUT2D eigenvalue weighted by atomic mass is 10.5. The summed E-state index contributed by atoms with van der Waals surface area (Å²) < 4.78 is 4.98. The number of hydrogen-bond donors (Lipinski definition) is 0. The summed E-state index contributed by atoms with van der Waals surface area (Å²) in [6.45, 7) is 4.49. The molecule has 0 aliphatic carbocycles. The van der Waals surface area contributed by atoms with Crippen molar-refractivity contribution in [3.8, 4) is 5.82 Å². The zero-order valence-corrected chi connectivity index (χ0v) is 9.76. The molecular formula is C11H11BrN3+. The third kappa shape index (κ3) is 1.99. The van der Waals surface area contributed by atoms with E-state index in [9.17, 15) is 0 Å². The molecule has 2 rings (SSSR count). The summed E-state index contributed by atoms with van der Waals surface area (Å²) in [5.74, 6) is 0.896. The van der Waals surface area contributed by atoms with E-state index in [1.165, 1.54) is 0 Å². The number of halogens is 1. The number of allylic oxidation sites excluding steroid dienone is 1. The van der Waals surface area contributed by atoms with Crippen LogP contribution in [0.15, 0.2) is 54.2 Å². The van der Waals surface area contributed by atoms with Crippen molar-refractivity contribution < 1.29 is 4.57 Å². The van der Waals surface area contributed by atoms with Gasteiger partial charge in [-0.3, -0.25) is 0 Å². The first-order valence-corrected chi connectivity index (χ1v) is 5.41. The van der Waals surface area contributed by atoms with Gasteiger partial charge in [-0.2, -0.15) is 4.57 Å². The largest absolute Gasteiger partial charge is 0.331 e. The van der Waals surface area contributed by atoms with Crippen LogP contribution < -0.4 is 4.57 Å². The van der Waals surface area contributed by atoms with Gasteiger partial charge in [0, 0.05) is 28.2 Å². The van der Waals surface area contributed by atoms with E-state index in [-0.39, 0.29) is 0 Å². The van der Waals surface area contributed by atoms with Crippen LogP contribution in [0.25, 0.3) is 5.82 Å². The third-order valence-electron chi connectivity index (χ3n) is 2.05. The van der Waals surface area contributed by atoms with Crippen LogP contribution in [-0.4, -0.2) is 9.55 Å². The lowest BCUT2D eigenvalue weighted by molar-refractivity contribution is -0.697. The van der Waals surface area contributed by atoms with Crippen LogP contribution in [0.4, 0.5) is 0 Å². The van der Waals surface area contributed by atoms with Crippen LogP contribution in [0.2, 0.25) is 0 Å². The molecule has 76 valence electrons. The van der Waals surface area contributed by atoms with E-state index < -0.39 is 0 Å². The predicted molar refractivity (Wildman–Crippen MR) is 61.7 cm³/mol. The molecule has 0 N–H and O–H groups in total. The molecule has 0 aromatic carbocycles. The highest BCUT2D eigenvalue weighted by molar-refractivity contribution is 9.10. The second-order valence-corrected chi connectivity index (χ2v) is 3.78. The summed E-state index contributed by atoms with van der Waals surface area (Å²) in [4.78, 5) is 4.28. The molecule has 0 spiro atoms. The highest BCUT2D eigenvalue weighted by atomic mass is 79.9. The van der Waals surface area contributed by atoms with E-state index in [1.807, 2.05) is 45.8 Å². The highest BCUT2D eigenvalue weighted by Gasteiger charge is 2.14. The van der Waals surface area contributed by atoms with E-state index in [2.05, 4.69) is 27.5 Å². The lowest BCUT2D eigenvalue weighted by Crippen LogP contribution is -2.32. The first-order valence-electron chi connectivity index (χ1n) is 4.61. The minimum atomic E-state index is 0.778. The van der Waals surface area contributed by atoms with Gasteiger partial charge in [0.1, 0.15) is 18.9 Å². The molecule has 0 fully saturated rings. The zero-order chi connectivity index (χ0) is 10.7. The summed E-state index contributed by atoms with van der Waals surface area (Å²) >= 11 is 3.53. The van der Waals surface area contributed by atoms with Crippen molar-refractivity contribution >= 4 is 15.9 Å². The second kappa shape index (κ2) is 4.40. The Kier molecular flexibility index (Phi) is 2.97. The van der Waals surface area contributed by atoms with Gasteiger partial charge in [0.25, 0.3) is 0 Å². The average Bonchev–Trinajstić information content (AvgIpc) is 2.63. The molecule has 3 nitrogen and oxygen atoms in total. The van der Waals surface area contributed by atoms with Crippen molar-refractivity contribution in [2.75, 3.05) is 0 Å². The molecule has 0 saturated heterocycles. The summed E-state index contributed by atoms with van der Waals surface area (Å²) in [6, 6.07) is 5.83. The van der Waals surface area contributed by atoms with Crippen molar-refractivity contribution in [3.05, 3.63) is 54.2 Å². The smallest absolute Gasteiger partial charge is 0.220 e. The Morgan fingerprint density at radius 3 is 3.07 bits per heavy atom. The predicted octanol–water partition coefficient (Wildman–Crippen LogP) is 2.11. The van der Waals surface area contributed by atoms with Crippen LogP contribution in [0.1, 0.15) is 0 Å². The van der Waals surface area contributed by atoms with Gasteiger partial charge in [0.05, 0.1) is 0 Å². The Morgan fingerprint density at radius 2 is 2.40 bits per heavy atom. The second-order valence-electron chi connectivity index (χ2n) is 3.07.